The topological polar surface area (TPSA) is 59.1 Å². The van der Waals surface area contributed by atoms with Gasteiger partial charge in [0.05, 0.1) is 7.11 Å². The summed E-state index contributed by atoms with van der Waals surface area (Å²) in [7, 11) is 1.69. The molecule has 1 heterocycles. The lowest BCUT2D eigenvalue weighted by Crippen LogP contribution is -2.11. The molecular weight excluding hydrogens is 276 g/mol. The second-order valence-corrected chi connectivity index (χ2v) is 5.67. The summed E-state index contributed by atoms with van der Waals surface area (Å²) >= 11 is 0. The number of methoxy groups -OCH3 is 1. The van der Waals surface area contributed by atoms with E-state index in [9.17, 15) is 0 Å². The Morgan fingerprint density at radius 2 is 2.09 bits per heavy atom. The highest BCUT2D eigenvalue weighted by Gasteiger charge is 2.22. The van der Waals surface area contributed by atoms with Crippen molar-refractivity contribution in [2.45, 2.75) is 32.2 Å². The third kappa shape index (κ3) is 4.10. The minimum Gasteiger partial charge on any atom is -0.497 e. The van der Waals surface area contributed by atoms with Crippen molar-refractivity contribution in [1.29, 1.82) is 0 Å². The standard InChI is InChI=1S/C17H22N4O/c1-12-10-16(21-17(19-12)20-14-6-7-14)18-9-8-13-4-3-5-15(11-13)22-2/h3-5,10-11,14H,6-9H2,1-2H3,(H2,18,19,20,21). The quantitative estimate of drug-likeness (QED) is 0.823. The number of rotatable bonds is 7. The van der Waals surface area contributed by atoms with Gasteiger partial charge >= 0.3 is 0 Å². The fourth-order valence-electron chi connectivity index (χ4n) is 2.30. The van der Waals surface area contributed by atoms with Crippen molar-refractivity contribution < 1.29 is 4.74 Å². The van der Waals surface area contributed by atoms with Gasteiger partial charge in [0.15, 0.2) is 0 Å². The zero-order valence-corrected chi connectivity index (χ0v) is 13.1. The molecule has 1 aliphatic carbocycles. The zero-order chi connectivity index (χ0) is 15.4. The maximum atomic E-state index is 5.24. The Labute approximate surface area is 131 Å². The molecule has 2 N–H and O–H groups in total. The van der Waals surface area contributed by atoms with Gasteiger partial charge in [0.2, 0.25) is 5.95 Å². The molecule has 0 spiro atoms. The van der Waals surface area contributed by atoms with E-state index >= 15 is 0 Å². The largest absolute Gasteiger partial charge is 0.497 e. The first kappa shape index (κ1) is 14.6. The lowest BCUT2D eigenvalue weighted by atomic mass is 10.1. The minimum atomic E-state index is 0.562. The van der Waals surface area contributed by atoms with Gasteiger partial charge in [0.1, 0.15) is 11.6 Å². The maximum Gasteiger partial charge on any atom is 0.225 e. The SMILES string of the molecule is COc1cccc(CCNc2cc(C)nc(NC3CC3)n2)c1. The summed E-state index contributed by atoms with van der Waals surface area (Å²) in [4.78, 5) is 8.94. The van der Waals surface area contributed by atoms with Gasteiger partial charge in [0.25, 0.3) is 0 Å². The monoisotopic (exact) mass is 298 g/mol. The van der Waals surface area contributed by atoms with Gasteiger partial charge in [-0.3, -0.25) is 0 Å². The molecule has 1 aromatic carbocycles. The summed E-state index contributed by atoms with van der Waals surface area (Å²) in [6, 6.07) is 10.7. The van der Waals surface area contributed by atoms with Crippen LogP contribution in [0, 0.1) is 6.92 Å². The first-order valence-corrected chi connectivity index (χ1v) is 7.72. The highest BCUT2D eigenvalue weighted by molar-refractivity contribution is 5.43. The zero-order valence-electron chi connectivity index (χ0n) is 13.1. The van der Waals surface area contributed by atoms with Crippen molar-refractivity contribution in [3.8, 4) is 5.75 Å². The van der Waals surface area contributed by atoms with E-state index in [1.807, 2.05) is 25.1 Å². The molecule has 22 heavy (non-hydrogen) atoms. The Bertz CT molecular complexity index is 640. The van der Waals surface area contributed by atoms with Crippen LogP contribution in [0.3, 0.4) is 0 Å². The third-order valence-corrected chi connectivity index (χ3v) is 3.62. The fraction of sp³-hybridized carbons (Fsp3) is 0.412. The molecule has 1 saturated carbocycles. The van der Waals surface area contributed by atoms with Crippen LogP contribution in [0.1, 0.15) is 24.1 Å². The number of benzene rings is 1. The Kier molecular flexibility index (Phi) is 4.42. The normalized spacial score (nSPS) is 13.7. The van der Waals surface area contributed by atoms with Crippen LogP contribution in [0.25, 0.3) is 0 Å². The third-order valence-electron chi connectivity index (χ3n) is 3.62. The predicted molar refractivity (Wildman–Crippen MR) is 88.6 cm³/mol. The molecule has 0 saturated heterocycles. The molecule has 3 rings (SSSR count). The van der Waals surface area contributed by atoms with Crippen LogP contribution < -0.4 is 15.4 Å². The second-order valence-electron chi connectivity index (χ2n) is 5.67. The van der Waals surface area contributed by atoms with Crippen LogP contribution in [-0.4, -0.2) is 29.7 Å². The Balaban J connectivity index is 1.57. The molecule has 1 aromatic heterocycles. The van der Waals surface area contributed by atoms with E-state index in [-0.39, 0.29) is 0 Å². The van der Waals surface area contributed by atoms with Crippen molar-refractivity contribution in [3.05, 3.63) is 41.6 Å². The van der Waals surface area contributed by atoms with Crippen LogP contribution in [0.4, 0.5) is 11.8 Å². The molecule has 1 aliphatic rings. The lowest BCUT2D eigenvalue weighted by Gasteiger charge is -2.10. The number of hydrogen-bond acceptors (Lipinski definition) is 5. The van der Waals surface area contributed by atoms with Gasteiger partial charge in [-0.1, -0.05) is 12.1 Å². The lowest BCUT2D eigenvalue weighted by molar-refractivity contribution is 0.414. The van der Waals surface area contributed by atoms with Gasteiger partial charge in [0, 0.05) is 24.3 Å². The molecule has 0 amide bonds. The van der Waals surface area contributed by atoms with Gasteiger partial charge in [-0.2, -0.15) is 4.98 Å². The average Bonchev–Trinajstić information content (AvgIpc) is 3.31. The number of nitrogens with zero attached hydrogens (tertiary/aromatic N) is 2. The number of anilines is 2. The minimum absolute atomic E-state index is 0.562. The summed E-state index contributed by atoms with van der Waals surface area (Å²) in [5, 5.41) is 6.72. The molecule has 0 aliphatic heterocycles. The summed E-state index contributed by atoms with van der Waals surface area (Å²) in [5.41, 5.74) is 2.22. The van der Waals surface area contributed by atoms with Crippen molar-refractivity contribution >= 4 is 11.8 Å². The van der Waals surface area contributed by atoms with E-state index in [1.165, 1.54) is 18.4 Å². The Hall–Kier alpha value is -2.30. The first-order valence-electron chi connectivity index (χ1n) is 7.72. The predicted octanol–water partition coefficient (Wildman–Crippen LogP) is 3.02. The number of aryl methyl sites for hydroxylation is 1. The number of hydrogen-bond donors (Lipinski definition) is 2. The van der Waals surface area contributed by atoms with Crippen LogP contribution in [0.15, 0.2) is 30.3 Å². The molecule has 0 radical (unpaired) electrons. The van der Waals surface area contributed by atoms with E-state index in [2.05, 4.69) is 32.7 Å². The van der Waals surface area contributed by atoms with Gasteiger partial charge in [-0.25, -0.2) is 4.98 Å². The van der Waals surface area contributed by atoms with Crippen molar-refractivity contribution in [1.82, 2.24) is 9.97 Å². The van der Waals surface area contributed by atoms with Gasteiger partial charge < -0.3 is 15.4 Å². The van der Waals surface area contributed by atoms with Crippen LogP contribution in [0.5, 0.6) is 5.75 Å². The highest BCUT2D eigenvalue weighted by Crippen LogP contribution is 2.23. The Morgan fingerprint density at radius 3 is 2.86 bits per heavy atom. The molecular formula is C17H22N4O. The summed E-state index contributed by atoms with van der Waals surface area (Å²) in [6.07, 6.45) is 3.36. The second kappa shape index (κ2) is 6.64. The number of aromatic nitrogens is 2. The molecule has 5 nitrogen and oxygen atoms in total. The Morgan fingerprint density at radius 1 is 1.23 bits per heavy atom. The van der Waals surface area contributed by atoms with Crippen molar-refractivity contribution in [3.63, 3.8) is 0 Å². The van der Waals surface area contributed by atoms with Crippen LogP contribution in [0.2, 0.25) is 0 Å². The summed E-state index contributed by atoms with van der Waals surface area (Å²) < 4.78 is 5.24. The smallest absolute Gasteiger partial charge is 0.225 e. The van der Waals surface area contributed by atoms with E-state index in [0.29, 0.717) is 6.04 Å². The number of nitrogens with one attached hydrogen (secondary N) is 2. The summed E-state index contributed by atoms with van der Waals surface area (Å²) in [5.74, 6) is 2.50. The maximum absolute atomic E-state index is 5.24. The van der Waals surface area contributed by atoms with Gasteiger partial charge in [-0.05, 0) is 43.9 Å². The number of ether oxygens (including phenoxy) is 1. The van der Waals surface area contributed by atoms with Crippen LogP contribution >= 0.6 is 0 Å². The van der Waals surface area contributed by atoms with E-state index < -0.39 is 0 Å². The van der Waals surface area contributed by atoms with Crippen molar-refractivity contribution in [2.24, 2.45) is 0 Å². The highest BCUT2D eigenvalue weighted by atomic mass is 16.5. The van der Waals surface area contributed by atoms with E-state index in [4.69, 9.17) is 4.74 Å². The summed E-state index contributed by atoms with van der Waals surface area (Å²) in [6.45, 7) is 2.82. The molecule has 5 heteroatoms. The molecule has 2 aromatic rings. The average molecular weight is 298 g/mol. The molecule has 0 unspecified atom stereocenters. The van der Waals surface area contributed by atoms with Crippen LogP contribution in [-0.2, 0) is 6.42 Å². The molecule has 0 atom stereocenters. The van der Waals surface area contributed by atoms with E-state index in [1.54, 1.807) is 7.11 Å². The van der Waals surface area contributed by atoms with Gasteiger partial charge in [-0.15, -0.1) is 0 Å². The fourth-order valence-corrected chi connectivity index (χ4v) is 2.30. The molecule has 116 valence electrons. The molecule has 1 fully saturated rings. The van der Waals surface area contributed by atoms with E-state index in [0.717, 1.165) is 36.2 Å². The van der Waals surface area contributed by atoms with Crippen molar-refractivity contribution in [2.75, 3.05) is 24.3 Å². The molecule has 0 bridgehead atoms. The first-order chi connectivity index (χ1) is 10.7.